The lowest BCUT2D eigenvalue weighted by Gasteiger charge is -2.18. The molecule has 0 aliphatic carbocycles. The van der Waals surface area contributed by atoms with Crippen LogP contribution in [0, 0.1) is 0 Å². The molecule has 1 rings (SSSR count). The van der Waals surface area contributed by atoms with Gasteiger partial charge in [-0.05, 0) is 30.0 Å². The smallest absolute Gasteiger partial charge is 0.373 e. The van der Waals surface area contributed by atoms with Crippen LogP contribution >= 0.6 is 0 Å². The molecule has 0 spiro atoms. The Hall–Kier alpha value is -1.39. The van der Waals surface area contributed by atoms with Crippen LogP contribution in [0.1, 0.15) is 50.0 Å². The Morgan fingerprint density at radius 3 is 2.30 bits per heavy atom. The highest BCUT2D eigenvalue weighted by Gasteiger charge is 2.15. The molecule has 0 fully saturated rings. The van der Waals surface area contributed by atoms with E-state index < -0.39 is 5.97 Å². The van der Waals surface area contributed by atoms with Crippen LogP contribution < -0.4 is 0 Å². The number of hydrogen-bond donors (Lipinski definition) is 0. The maximum Gasteiger partial charge on any atom is 0.373 e. The second kappa shape index (κ2) is 7.41. The minimum Gasteiger partial charge on any atom is -0.382 e. The summed E-state index contributed by atoms with van der Waals surface area (Å²) >= 11 is 0. The zero-order valence-corrected chi connectivity index (χ0v) is 12.9. The lowest BCUT2D eigenvalue weighted by molar-refractivity contribution is -0.244. The van der Waals surface area contributed by atoms with Gasteiger partial charge in [-0.3, -0.25) is 4.89 Å². The SMILES string of the molecule is COC(C)CCOOC(=O)c1ccc(C(C)(C)C)cc1. The number of rotatable bonds is 6. The second-order valence-electron chi connectivity index (χ2n) is 5.86. The van der Waals surface area contributed by atoms with Gasteiger partial charge in [0.2, 0.25) is 0 Å². The van der Waals surface area contributed by atoms with Crippen molar-refractivity contribution in [3.63, 3.8) is 0 Å². The van der Waals surface area contributed by atoms with Crippen molar-refractivity contribution in [2.75, 3.05) is 13.7 Å². The number of hydrogen-bond acceptors (Lipinski definition) is 4. The fraction of sp³-hybridized carbons (Fsp3) is 0.562. The summed E-state index contributed by atoms with van der Waals surface area (Å²) < 4.78 is 5.07. The first kappa shape index (κ1) is 16.7. The summed E-state index contributed by atoms with van der Waals surface area (Å²) in [6.45, 7) is 8.62. The molecule has 1 aromatic rings. The fourth-order valence-corrected chi connectivity index (χ4v) is 1.58. The average molecular weight is 280 g/mol. The van der Waals surface area contributed by atoms with Gasteiger partial charge >= 0.3 is 5.97 Å². The van der Waals surface area contributed by atoms with Gasteiger partial charge in [0.15, 0.2) is 0 Å². The molecule has 20 heavy (non-hydrogen) atoms. The molecule has 1 unspecified atom stereocenters. The Labute approximate surface area is 121 Å². The zero-order valence-electron chi connectivity index (χ0n) is 12.9. The monoisotopic (exact) mass is 280 g/mol. The molecular weight excluding hydrogens is 256 g/mol. The van der Waals surface area contributed by atoms with Gasteiger partial charge in [0, 0.05) is 13.5 Å². The number of carbonyl (C=O) groups excluding carboxylic acids is 1. The molecule has 4 nitrogen and oxygen atoms in total. The Kier molecular flexibility index (Phi) is 6.17. The molecule has 0 radical (unpaired) electrons. The molecule has 0 aliphatic rings. The van der Waals surface area contributed by atoms with Crippen LogP contribution in [0.2, 0.25) is 0 Å². The first-order valence-electron chi connectivity index (χ1n) is 6.81. The molecule has 0 aromatic heterocycles. The molecule has 0 aliphatic heterocycles. The van der Waals surface area contributed by atoms with Crippen molar-refractivity contribution in [2.45, 2.75) is 45.6 Å². The van der Waals surface area contributed by atoms with Gasteiger partial charge in [0.25, 0.3) is 0 Å². The summed E-state index contributed by atoms with van der Waals surface area (Å²) in [5.41, 5.74) is 1.72. The van der Waals surface area contributed by atoms with Crippen molar-refractivity contribution in [1.29, 1.82) is 0 Å². The van der Waals surface area contributed by atoms with Crippen molar-refractivity contribution in [2.24, 2.45) is 0 Å². The lowest BCUT2D eigenvalue weighted by Crippen LogP contribution is -2.13. The molecule has 1 aromatic carbocycles. The van der Waals surface area contributed by atoms with Crippen LogP contribution in [0.25, 0.3) is 0 Å². The molecular formula is C16H24O4. The largest absolute Gasteiger partial charge is 0.382 e. The van der Waals surface area contributed by atoms with E-state index in [0.717, 1.165) is 0 Å². The van der Waals surface area contributed by atoms with Crippen molar-refractivity contribution in [1.82, 2.24) is 0 Å². The average Bonchev–Trinajstić information content (AvgIpc) is 2.42. The molecule has 4 heteroatoms. The maximum absolute atomic E-state index is 11.7. The van der Waals surface area contributed by atoms with Crippen molar-refractivity contribution < 1.29 is 19.3 Å². The summed E-state index contributed by atoms with van der Waals surface area (Å²) in [5.74, 6) is -0.476. The third-order valence-corrected chi connectivity index (χ3v) is 3.13. The first-order chi connectivity index (χ1) is 9.34. The van der Waals surface area contributed by atoms with E-state index in [2.05, 4.69) is 20.8 Å². The summed E-state index contributed by atoms with van der Waals surface area (Å²) in [7, 11) is 1.63. The summed E-state index contributed by atoms with van der Waals surface area (Å²) in [6.07, 6.45) is 0.756. The van der Waals surface area contributed by atoms with E-state index in [9.17, 15) is 4.79 Å². The fourth-order valence-electron chi connectivity index (χ4n) is 1.58. The van der Waals surface area contributed by atoms with Gasteiger partial charge in [-0.2, -0.15) is 4.89 Å². The van der Waals surface area contributed by atoms with Crippen LogP contribution in [0.15, 0.2) is 24.3 Å². The molecule has 0 amide bonds. The number of benzene rings is 1. The van der Waals surface area contributed by atoms with E-state index in [1.54, 1.807) is 19.2 Å². The van der Waals surface area contributed by atoms with Gasteiger partial charge in [0.1, 0.15) is 0 Å². The molecule has 0 heterocycles. The number of ether oxygens (including phenoxy) is 1. The van der Waals surface area contributed by atoms with E-state index in [4.69, 9.17) is 14.5 Å². The minimum atomic E-state index is -0.476. The Morgan fingerprint density at radius 2 is 1.80 bits per heavy atom. The van der Waals surface area contributed by atoms with Gasteiger partial charge in [-0.25, -0.2) is 4.79 Å². The highest BCUT2D eigenvalue weighted by Crippen LogP contribution is 2.22. The summed E-state index contributed by atoms with van der Waals surface area (Å²) in [5, 5.41) is 0. The molecule has 0 bridgehead atoms. The molecule has 112 valence electrons. The maximum atomic E-state index is 11.7. The van der Waals surface area contributed by atoms with E-state index >= 15 is 0 Å². The molecule has 1 atom stereocenters. The highest BCUT2D eigenvalue weighted by atomic mass is 17.2. The summed E-state index contributed by atoms with van der Waals surface area (Å²) in [6, 6.07) is 7.38. The third-order valence-electron chi connectivity index (χ3n) is 3.13. The van der Waals surface area contributed by atoms with Gasteiger partial charge in [-0.1, -0.05) is 32.9 Å². The Balaban J connectivity index is 2.44. The van der Waals surface area contributed by atoms with Gasteiger partial charge < -0.3 is 4.74 Å². The van der Waals surface area contributed by atoms with Crippen molar-refractivity contribution >= 4 is 5.97 Å². The Bertz CT molecular complexity index is 417. The van der Waals surface area contributed by atoms with Crippen LogP contribution in [-0.4, -0.2) is 25.8 Å². The van der Waals surface area contributed by atoms with Crippen LogP contribution in [0.5, 0.6) is 0 Å². The standard InChI is InChI=1S/C16H24O4/c1-12(18-5)10-11-19-20-15(17)13-6-8-14(9-7-13)16(2,3)4/h6-9,12H,10-11H2,1-5H3. The normalized spacial score (nSPS) is 13.1. The van der Waals surface area contributed by atoms with Crippen molar-refractivity contribution in [3.05, 3.63) is 35.4 Å². The number of methoxy groups -OCH3 is 1. The van der Waals surface area contributed by atoms with E-state index in [1.807, 2.05) is 19.1 Å². The van der Waals surface area contributed by atoms with Crippen LogP contribution in [0.4, 0.5) is 0 Å². The second-order valence-corrected chi connectivity index (χ2v) is 5.86. The molecule has 0 N–H and O–H groups in total. The van der Waals surface area contributed by atoms with Crippen LogP contribution in [-0.2, 0) is 19.9 Å². The quantitative estimate of drug-likeness (QED) is 0.454. The lowest BCUT2D eigenvalue weighted by atomic mass is 9.87. The van der Waals surface area contributed by atoms with Crippen molar-refractivity contribution in [3.8, 4) is 0 Å². The van der Waals surface area contributed by atoms with E-state index in [1.165, 1.54) is 5.56 Å². The highest BCUT2D eigenvalue weighted by molar-refractivity contribution is 5.88. The third kappa shape index (κ3) is 5.31. The van der Waals surface area contributed by atoms with E-state index in [0.29, 0.717) is 18.6 Å². The Morgan fingerprint density at radius 1 is 1.20 bits per heavy atom. The van der Waals surface area contributed by atoms with Gasteiger partial charge in [-0.15, -0.1) is 0 Å². The topological polar surface area (TPSA) is 44.8 Å². The predicted octanol–water partition coefficient (Wildman–Crippen LogP) is 3.50. The van der Waals surface area contributed by atoms with Crippen LogP contribution in [0.3, 0.4) is 0 Å². The zero-order chi connectivity index (χ0) is 15.2. The number of carbonyl (C=O) groups is 1. The van der Waals surface area contributed by atoms with E-state index in [-0.39, 0.29) is 11.5 Å². The predicted molar refractivity (Wildman–Crippen MR) is 77.6 cm³/mol. The molecule has 0 saturated heterocycles. The minimum absolute atomic E-state index is 0.0647. The van der Waals surface area contributed by atoms with Gasteiger partial charge in [0.05, 0.1) is 18.3 Å². The molecule has 0 saturated carbocycles. The first-order valence-corrected chi connectivity index (χ1v) is 6.81. The summed E-state index contributed by atoms with van der Waals surface area (Å²) in [4.78, 5) is 21.4.